The van der Waals surface area contributed by atoms with E-state index in [0.717, 1.165) is 41.9 Å². The van der Waals surface area contributed by atoms with Crippen LogP contribution < -0.4 is 11.1 Å². The number of nitrogens with two attached hydrogens (primary N) is 1. The number of rotatable bonds is 7. The lowest BCUT2D eigenvalue weighted by atomic mass is 10.2. The Kier molecular flexibility index (Phi) is 6.08. The Balaban J connectivity index is 1.69. The third-order valence-corrected chi connectivity index (χ3v) is 3.98. The fourth-order valence-electron chi connectivity index (χ4n) is 2.22. The zero-order chi connectivity index (χ0) is 15.1. The van der Waals surface area contributed by atoms with Crippen LogP contribution in [0.25, 0.3) is 0 Å². The minimum atomic E-state index is 0.773. The van der Waals surface area contributed by atoms with E-state index in [1.165, 1.54) is 5.56 Å². The van der Waals surface area contributed by atoms with Crippen LogP contribution >= 0.6 is 15.9 Å². The Morgan fingerprint density at radius 3 is 2.62 bits per heavy atom. The Labute approximate surface area is 135 Å². The molecule has 0 fully saturated rings. The molecule has 0 aliphatic carbocycles. The molecular weight excluding hydrogens is 326 g/mol. The summed E-state index contributed by atoms with van der Waals surface area (Å²) in [4.78, 5) is 2.34. The number of hydrogen-bond donors (Lipinski definition) is 2. The second-order valence-corrected chi connectivity index (χ2v) is 6.10. The highest BCUT2D eigenvalue weighted by atomic mass is 79.9. The van der Waals surface area contributed by atoms with E-state index in [0.29, 0.717) is 0 Å². The summed E-state index contributed by atoms with van der Waals surface area (Å²) in [6.45, 7) is 3.00. The normalized spacial score (nSPS) is 10.8. The van der Waals surface area contributed by atoms with Crippen molar-refractivity contribution >= 4 is 27.3 Å². The SMILES string of the molecule is CN(CCCNc1ccc(N)cc1Br)Cc1ccccc1. The molecule has 0 radical (unpaired) electrons. The summed E-state index contributed by atoms with van der Waals surface area (Å²) in [6, 6.07) is 16.4. The molecule has 0 spiro atoms. The molecule has 0 aliphatic heterocycles. The smallest absolute Gasteiger partial charge is 0.0486 e. The average Bonchev–Trinajstić information content (AvgIpc) is 2.46. The van der Waals surface area contributed by atoms with E-state index in [9.17, 15) is 0 Å². The molecule has 0 atom stereocenters. The molecule has 0 amide bonds. The molecular formula is C17H22BrN3. The van der Waals surface area contributed by atoms with Crippen LogP contribution in [-0.4, -0.2) is 25.0 Å². The Hall–Kier alpha value is -1.52. The van der Waals surface area contributed by atoms with E-state index in [-0.39, 0.29) is 0 Å². The summed E-state index contributed by atoms with van der Waals surface area (Å²) in [5.74, 6) is 0. The number of hydrogen-bond acceptors (Lipinski definition) is 3. The van der Waals surface area contributed by atoms with Gasteiger partial charge < -0.3 is 16.0 Å². The van der Waals surface area contributed by atoms with E-state index in [2.05, 4.69) is 63.5 Å². The number of benzene rings is 2. The quantitative estimate of drug-likeness (QED) is 0.588. The van der Waals surface area contributed by atoms with Crippen molar-refractivity contribution in [1.29, 1.82) is 0 Å². The number of halogens is 1. The summed E-state index contributed by atoms with van der Waals surface area (Å²) >= 11 is 3.52. The van der Waals surface area contributed by atoms with E-state index in [1.807, 2.05) is 18.2 Å². The van der Waals surface area contributed by atoms with E-state index >= 15 is 0 Å². The topological polar surface area (TPSA) is 41.3 Å². The lowest BCUT2D eigenvalue weighted by Gasteiger charge is -2.17. The molecule has 2 rings (SSSR count). The molecule has 3 nitrogen and oxygen atoms in total. The molecule has 0 bridgehead atoms. The van der Waals surface area contributed by atoms with Gasteiger partial charge in [-0.2, -0.15) is 0 Å². The van der Waals surface area contributed by atoms with Gasteiger partial charge >= 0.3 is 0 Å². The van der Waals surface area contributed by atoms with E-state index in [4.69, 9.17) is 5.73 Å². The van der Waals surface area contributed by atoms with Gasteiger partial charge in [0.15, 0.2) is 0 Å². The Morgan fingerprint density at radius 1 is 1.14 bits per heavy atom. The average molecular weight is 348 g/mol. The van der Waals surface area contributed by atoms with Gasteiger partial charge in [-0.05, 0) is 59.7 Å². The zero-order valence-electron chi connectivity index (χ0n) is 12.3. The van der Waals surface area contributed by atoms with Crippen molar-refractivity contribution in [2.24, 2.45) is 0 Å². The number of nitrogens with zero attached hydrogens (tertiary/aromatic N) is 1. The van der Waals surface area contributed by atoms with Crippen LogP contribution in [-0.2, 0) is 6.54 Å². The first-order valence-electron chi connectivity index (χ1n) is 7.16. The maximum atomic E-state index is 5.73. The van der Waals surface area contributed by atoms with Crippen molar-refractivity contribution in [1.82, 2.24) is 4.90 Å². The lowest BCUT2D eigenvalue weighted by molar-refractivity contribution is 0.325. The molecule has 2 aromatic rings. The fraction of sp³-hybridized carbons (Fsp3) is 0.294. The van der Waals surface area contributed by atoms with Gasteiger partial charge in [0.2, 0.25) is 0 Å². The highest BCUT2D eigenvalue weighted by molar-refractivity contribution is 9.10. The van der Waals surface area contributed by atoms with Gasteiger partial charge in [0.25, 0.3) is 0 Å². The van der Waals surface area contributed by atoms with Crippen molar-refractivity contribution in [2.45, 2.75) is 13.0 Å². The molecule has 0 unspecified atom stereocenters. The van der Waals surface area contributed by atoms with Crippen LogP contribution in [0.2, 0.25) is 0 Å². The highest BCUT2D eigenvalue weighted by Crippen LogP contribution is 2.24. The van der Waals surface area contributed by atoms with E-state index in [1.54, 1.807) is 0 Å². The molecule has 0 aromatic heterocycles. The first kappa shape index (κ1) is 15.9. The molecule has 21 heavy (non-hydrogen) atoms. The first-order chi connectivity index (χ1) is 10.1. The summed E-state index contributed by atoms with van der Waals surface area (Å²) < 4.78 is 1.01. The number of anilines is 2. The molecule has 112 valence electrons. The predicted molar refractivity (Wildman–Crippen MR) is 94.4 cm³/mol. The van der Waals surface area contributed by atoms with Crippen molar-refractivity contribution in [3.63, 3.8) is 0 Å². The van der Waals surface area contributed by atoms with Crippen molar-refractivity contribution in [3.05, 3.63) is 58.6 Å². The van der Waals surface area contributed by atoms with Crippen LogP contribution in [0.5, 0.6) is 0 Å². The molecule has 0 saturated heterocycles. The van der Waals surface area contributed by atoms with Crippen LogP contribution in [0.3, 0.4) is 0 Å². The standard InChI is InChI=1S/C17H22BrN3/c1-21(13-14-6-3-2-4-7-14)11-5-10-20-17-9-8-15(19)12-16(17)18/h2-4,6-9,12,20H,5,10-11,13,19H2,1H3. The molecule has 3 N–H and O–H groups in total. The van der Waals surface area contributed by atoms with Gasteiger partial charge in [-0.15, -0.1) is 0 Å². The van der Waals surface area contributed by atoms with Crippen LogP contribution in [0.4, 0.5) is 11.4 Å². The van der Waals surface area contributed by atoms with E-state index < -0.39 is 0 Å². The Bertz CT molecular complexity index is 557. The van der Waals surface area contributed by atoms with Gasteiger partial charge in [-0.3, -0.25) is 0 Å². The van der Waals surface area contributed by atoms with Gasteiger partial charge in [-0.1, -0.05) is 30.3 Å². The molecule has 4 heteroatoms. The third-order valence-electron chi connectivity index (χ3n) is 3.32. The molecule has 2 aromatic carbocycles. The fourth-order valence-corrected chi connectivity index (χ4v) is 2.76. The minimum absolute atomic E-state index is 0.773. The maximum Gasteiger partial charge on any atom is 0.0486 e. The number of nitrogen functional groups attached to an aromatic ring is 1. The zero-order valence-corrected chi connectivity index (χ0v) is 13.9. The first-order valence-corrected chi connectivity index (χ1v) is 7.96. The minimum Gasteiger partial charge on any atom is -0.399 e. The summed E-state index contributed by atoms with van der Waals surface area (Å²) in [5.41, 5.74) is 8.95. The molecule has 0 aliphatic rings. The van der Waals surface area contributed by atoms with Crippen LogP contribution in [0, 0.1) is 0 Å². The van der Waals surface area contributed by atoms with Crippen LogP contribution in [0.15, 0.2) is 53.0 Å². The predicted octanol–water partition coefficient (Wildman–Crippen LogP) is 3.97. The second-order valence-electron chi connectivity index (χ2n) is 5.24. The molecule has 0 saturated carbocycles. The van der Waals surface area contributed by atoms with Gasteiger partial charge in [0.1, 0.15) is 0 Å². The van der Waals surface area contributed by atoms with Crippen molar-refractivity contribution < 1.29 is 0 Å². The number of nitrogens with one attached hydrogen (secondary N) is 1. The molecule has 0 heterocycles. The summed E-state index contributed by atoms with van der Waals surface area (Å²) in [7, 11) is 2.16. The van der Waals surface area contributed by atoms with Gasteiger partial charge in [-0.25, -0.2) is 0 Å². The van der Waals surface area contributed by atoms with Crippen molar-refractivity contribution in [3.8, 4) is 0 Å². The van der Waals surface area contributed by atoms with Crippen LogP contribution in [0.1, 0.15) is 12.0 Å². The summed E-state index contributed by atoms with van der Waals surface area (Å²) in [5, 5.41) is 3.43. The maximum absolute atomic E-state index is 5.73. The summed E-state index contributed by atoms with van der Waals surface area (Å²) in [6.07, 6.45) is 1.10. The Morgan fingerprint density at radius 2 is 1.90 bits per heavy atom. The van der Waals surface area contributed by atoms with Crippen molar-refractivity contribution in [2.75, 3.05) is 31.2 Å². The largest absolute Gasteiger partial charge is 0.399 e. The second kappa shape index (κ2) is 8.05. The monoisotopic (exact) mass is 347 g/mol. The van der Waals surface area contributed by atoms with Gasteiger partial charge in [0.05, 0.1) is 0 Å². The highest BCUT2D eigenvalue weighted by Gasteiger charge is 2.01. The third kappa shape index (κ3) is 5.40. The van der Waals surface area contributed by atoms with Gasteiger partial charge in [0, 0.05) is 28.9 Å². The lowest BCUT2D eigenvalue weighted by Crippen LogP contribution is -2.21.